The first kappa shape index (κ1) is 16.0. The summed E-state index contributed by atoms with van der Waals surface area (Å²) in [6.07, 6.45) is 2.72. The Bertz CT molecular complexity index is 596. The third-order valence-corrected chi connectivity index (χ3v) is 6.02. The molecule has 0 unspecified atom stereocenters. The molecule has 130 valence electrons. The van der Waals surface area contributed by atoms with Crippen LogP contribution >= 0.6 is 0 Å². The molecule has 1 atom stereocenters. The molecule has 0 saturated carbocycles. The van der Waals surface area contributed by atoms with Crippen LogP contribution in [0.2, 0.25) is 0 Å². The number of carbonyl (C=O) groups excluding carboxylic acids is 1. The monoisotopic (exact) mass is 328 g/mol. The third-order valence-electron chi connectivity index (χ3n) is 6.02. The van der Waals surface area contributed by atoms with Gasteiger partial charge in [-0.1, -0.05) is 0 Å². The molecule has 5 heteroatoms. The van der Waals surface area contributed by atoms with Crippen molar-refractivity contribution in [1.29, 1.82) is 0 Å². The van der Waals surface area contributed by atoms with Crippen LogP contribution in [0.4, 0.5) is 0 Å². The van der Waals surface area contributed by atoms with Gasteiger partial charge in [-0.25, -0.2) is 0 Å². The molecule has 0 N–H and O–H groups in total. The Morgan fingerprint density at radius 2 is 1.62 bits per heavy atom. The summed E-state index contributed by atoms with van der Waals surface area (Å²) in [6.45, 7) is 11.5. The van der Waals surface area contributed by atoms with Crippen molar-refractivity contribution in [2.75, 3.05) is 45.8 Å². The lowest BCUT2D eigenvalue weighted by Crippen LogP contribution is -2.61. The highest BCUT2D eigenvalue weighted by atomic mass is 16.2. The first-order chi connectivity index (χ1) is 11.6. The van der Waals surface area contributed by atoms with Gasteiger partial charge in [-0.3, -0.25) is 14.7 Å². The van der Waals surface area contributed by atoms with E-state index in [1.807, 2.05) is 30.9 Å². The molecule has 4 aliphatic heterocycles. The summed E-state index contributed by atoms with van der Waals surface area (Å²) in [5, 5.41) is 0. The number of rotatable bonds is 2. The fourth-order valence-electron chi connectivity index (χ4n) is 4.74. The summed E-state index contributed by atoms with van der Waals surface area (Å²) in [4.78, 5) is 24.4. The molecular formula is C19H28N4O. The molecule has 0 radical (unpaired) electrons. The number of aromatic nitrogens is 1. The molecule has 4 aliphatic rings. The quantitative estimate of drug-likeness (QED) is 0.826. The molecule has 0 spiro atoms. The van der Waals surface area contributed by atoms with Crippen molar-refractivity contribution < 1.29 is 4.79 Å². The topological polar surface area (TPSA) is 39.7 Å². The van der Waals surface area contributed by atoms with Crippen LogP contribution in [0.15, 0.2) is 12.1 Å². The van der Waals surface area contributed by atoms with E-state index in [1.54, 1.807) is 0 Å². The predicted octanol–water partition coefficient (Wildman–Crippen LogP) is 1.55. The minimum atomic E-state index is 0.164. The van der Waals surface area contributed by atoms with Crippen molar-refractivity contribution in [1.82, 2.24) is 19.7 Å². The Balaban J connectivity index is 1.38. The summed E-state index contributed by atoms with van der Waals surface area (Å²) in [6, 6.07) is 4.54. The van der Waals surface area contributed by atoms with Crippen LogP contribution < -0.4 is 0 Å². The number of carbonyl (C=O) groups is 1. The van der Waals surface area contributed by atoms with Crippen molar-refractivity contribution in [3.63, 3.8) is 0 Å². The Morgan fingerprint density at radius 1 is 1.00 bits per heavy atom. The summed E-state index contributed by atoms with van der Waals surface area (Å²) in [5.74, 6) is 1.04. The maximum absolute atomic E-state index is 12.8. The van der Waals surface area contributed by atoms with Crippen LogP contribution in [-0.2, 0) is 0 Å². The second-order valence-electron chi connectivity index (χ2n) is 7.67. The highest BCUT2D eigenvalue weighted by Crippen LogP contribution is 2.31. The Kier molecular flexibility index (Phi) is 4.31. The van der Waals surface area contributed by atoms with Gasteiger partial charge in [0.15, 0.2) is 0 Å². The standard InChI is InChI=1S/C19H28N4O/c1-14-11-17(12-15(2)20-14)19(24)23-9-7-22(8-10-23)18-13-21-5-3-16(18)4-6-21/h11-12,16,18H,3-10,13H2,1-2H3/t18-/m0/s1. The number of piperazine rings is 1. The number of nitrogens with zero attached hydrogens (tertiary/aromatic N) is 4. The van der Waals surface area contributed by atoms with Gasteiger partial charge >= 0.3 is 0 Å². The highest BCUT2D eigenvalue weighted by molar-refractivity contribution is 5.94. The SMILES string of the molecule is Cc1cc(C(=O)N2CCN([C@H]3CN4CCC3CC4)CC2)cc(C)n1. The van der Waals surface area contributed by atoms with Crippen LogP contribution in [0.1, 0.15) is 34.6 Å². The fraction of sp³-hybridized carbons (Fsp3) is 0.684. The number of pyridine rings is 1. The molecule has 0 aliphatic carbocycles. The molecule has 24 heavy (non-hydrogen) atoms. The zero-order valence-corrected chi connectivity index (χ0v) is 14.9. The minimum absolute atomic E-state index is 0.164. The van der Waals surface area contributed by atoms with Crippen molar-refractivity contribution in [2.24, 2.45) is 5.92 Å². The highest BCUT2D eigenvalue weighted by Gasteiger charge is 2.38. The second-order valence-corrected chi connectivity index (χ2v) is 7.67. The molecule has 5 nitrogen and oxygen atoms in total. The van der Waals surface area contributed by atoms with Gasteiger partial charge in [0.2, 0.25) is 0 Å². The average molecular weight is 328 g/mol. The molecule has 2 bridgehead atoms. The summed E-state index contributed by atoms with van der Waals surface area (Å²) >= 11 is 0. The van der Waals surface area contributed by atoms with Crippen molar-refractivity contribution in [3.05, 3.63) is 29.1 Å². The maximum atomic E-state index is 12.8. The van der Waals surface area contributed by atoms with Gasteiger partial charge in [-0.15, -0.1) is 0 Å². The molecule has 0 aromatic carbocycles. The van der Waals surface area contributed by atoms with Gasteiger partial charge < -0.3 is 9.80 Å². The summed E-state index contributed by atoms with van der Waals surface area (Å²) < 4.78 is 0. The third kappa shape index (κ3) is 3.07. The number of piperidine rings is 3. The fourth-order valence-corrected chi connectivity index (χ4v) is 4.74. The van der Waals surface area contributed by atoms with Crippen LogP contribution in [0.25, 0.3) is 0 Å². The molecular weight excluding hydrogens is 300 g/mol. The molecule has 1 amide bonds. The molecule has 1 aromatic heterocycles. The van der Waals surface area contributed by atoms with Gasteiger partial charge in [0.25, 0.3) is 5.91 Å². The first-order valence-corrected chi connectivity index (χ1v) is 9.31. The van der Waals surface area contributed by atoms with Gasteiger partial charge in [-0.05, 0) is 57.8 Å². The van der Waals surface area contributed by atoms with Crippen LogP contribution in [0, 0.1) is 19.8 Å². The number of hydrogen-bond acceptors (Lipinski definition) is 4. The Labute approximate surface area is 144 Å². The number of aryl methyl sites for hydroxylation is 2. The van der Waals surface area contributed by atoms with Crippen molar-refractivity contribution in [3.8, 4) is 0 Å². The van der Waals surface area contributed by atoms with Gasteiger partial charge in [0, 0.05) is 55.7 Å². The lowest BCUT2D eigenvalue weighted by atomic mass is 9.83. The molecule has 4 fully saturated rings. The van der Waals surface area contributed by atoms with Gasteiger partial charge in [-0.2, -0.15) is 0 Å². The van der Waals surface area contributed by atoms with Crippen LogP contribution in [-0.4, -0.2) is 77.4 Å². The zero-order chi connectivity index (χ0) is 16.7. The Hall–Kier alpha value is -1.46. The molecule has 5 rings (SSSR count). The normalized spacial score (nSPS) is 30.6. The van der Waals surface area contributed by atoms with Gasteiger partial charge in [0.1, 0.15) is 0 Å². The minimum Gasteiger partial charge on any atom is -0.336 e. The van der Waals surface area contributed by atoms with E-state index in [9.17, 15) is 4.79 Å². The molecule has 5 heterocycles. The largest absolute Gasteiger partial charge is 0.336 e. The first-order valence-electron chi connectivity index (χ1n) is 9.31. The predicted molar refractivity (Wildman–Crippen MR) is 94.1 cm³/mol. The smallest absolute Gasteiger partial charge is 0.254 e. The van der Waals surface area contributed by atoms with E-state index in [0.717, 1.165) is 55.1 Å². The lowest BCUT2D eigenvalue weighted by molar-refractivity contribution is -0.0131. The van der Waals surface area contributed by atoms with E-state index in [0.29, 0.717) is 0 Å². The van der Waals surface area contributed by atoms with Crippen LogP contribution in [0.3, 0.4) is 0 Å². The van der Waals surface area contributed by atoms with Crippen LogP contribution in [0.5, 0.6) is 0 Å². The van der Waals surface area contributed by atoms with Crippen molar-refractivity contribution in [2.45, 2.75) is 32.7 Å². The zero-order valence-electron chi connectivity index (χ0n) is 14.9. The lowest BCUT2D eigenvalue weighted by Gasteiger charge is -2.51. The number of amides is 1. The molecule has 1 aromatic rings. The summed E-state index contributed by atoms with van der Waals surface area (Å²) in [5.41, 5.74) is 2.63. The van der Waals surface area contributed by atoms with E-state index in [-0.39, 0.29) is 5.91 Å². The van der Waals surface area contributed by atoms with E-state index in [1.165, 1.54) is 32.5 Å². The number of fused-ring (bicyclic) bond motifs is 3. The second kappa shape index (κ2) is 6.45. The van der Waals surface area contributed by atoms with Crippen molar-refractivity contribution >= 4 is 5.91 Å². The van der Waals surface area contributed by atoms with E-state index < -0.39 is 0 Å². The van der Waals surface area contributed by atoms with Gasteiger partial charge in [0.05, 0.1) is 0 Å². The molecule has 4 saturated heterocycles. The maximum Gasteiger partial charge on any atom is 0.254 e. The van der Waals surface area contributed by atoms with E-state index in [4.69, 9.17) is 0 Å². The Morgan fingerprint density at radius 3 is 2.17 bits per heavy atom. The average Bonchev–Trinajstić information content (AvgIpc) is 2.61. The van der Waals surface area contributed by atoms with E-state index >= 15 is 0 Å². The summed E-state index contributed by atoms with van der Waals surface area (Å²) in [7, 11) is 0. The van der Waals surface area contributed by atoms with E-state index in [2.05, 4.69) is 14.8 Å². The number of hydrogen-bond donors (Lipinski definition) is 0.